The highest BCUT2D eigenvalue weighted by atomic mass is 32.2. The maximum absolute atomic E-state index is 12.3. The van der Waals surface area contributed by atoms with E-state index in [2.05, 4.69) is 5.32 Å². The number of nitrogens with one attached hydrogen (secondary N) is 1. The molecule has 1 heterocycles. The molecule has 0 aromatic heterocycles. The van der Waals surface area contributed by atoms with E-state index in [-0.39, 0.29) is 11.8 Å². The number of hydrogen-bond acceptors (Lipinski definition) is 4. The lowest BCUT2D eigenvalue weighted by Gasteiger charge is -2.29. The first-order chi connectivity index (χ1) is 12.2. The summed E-state index contributed by atoms with van der Waals surface area (Å²) >= 11 is 1.57. The summed E-state index contributed by atoms with van der Waals surface area (Å²) in [5.74, 6) is 0.432. The number of methoxy groups -OCH3 is 1. The lowest BCUT2D eigenvalue weighted by molar-refractivity contribution is -0.116. The molecule has 0 aliphatic carbocycles. The number of carbonyl (C=O) groups excluding carboxylic acids is 2. The summed E-state index contributed by atoms with van der Waals surface area (Å²) in [5.41, 5.74) is 2.54. The van der Waals surface area contributed by atoms with Gasteiger partial charge in [0.05, 0.1) is 24.6 Å². The average molecular weight is 356 g/mol. The predicted octanol–water partition coefficient (Wildman–Crippen LogP) is 2.70. The number of thioether (sulfide) groups is 1. The molecule has 130 valence electrons. The summed E-state index contributed by atoms with van der Waals surface area (Å²) in [7, 11) is 1.60. The number of anilines is 1. The first-order valence-corrected chi connectivity index (χ1v) is 9.06. The van der Waals surface area contributed by atoms with Crippen molar-refractivity contribution in [1.82, 2.24) is 5.32 Å². The Bertz CT molecular complexity index is 762. The monoisotopic (exact) mass is 356 g/mol. The van der Waals surface area contributed by atoms with Gasteiger partial charge in [-0.1, -0.05) is 24.3 Å². The molecule has 2 aromatic carbocycles. The average Bonchev–Trinajstić information content (AvgIpc) is 2.65. The van der Waals surface area contributed by atoms with Crippen molar-refractivity contribution in [1.29, 1.82) is 0 Å². The molecule has 0 unspecified atom stereocenters. The molecule has 0 bridgehead atoms. The van der Waals surface area contributed by atoms with Crippen LogP contribution in [0.2, 0.25) is 0 Å². The minimum Gasteiger partial charge on any atom is -0.383 e. The fourth-order valence-corrected chi connectivity index (χ4v) is 3.58. The zero-order valence-corrected chi connectivity index (χ0v) is 14.8. The van der Waals surface area contributed by atoms with E-state index in [4.69, 9.17) is 4.74 Å². The lowest BCUT2D eigenvalue weighted by Crippen LogP contribution is -2.34. The van der Waals surface area contributed by atoms with Gasteiger partial charge in [-0.2, -0.15) is 0 Å². The van der Waals surface area contributed by atoms with Gasteiger partial charge in [0.15, 0.2) is 0 Å². The third-order valence-corrected chi connectivity index (χ3v) is 5.00. The molecule has 0 saturated heterocycles. The third-order valence-electron chi connectivity index (χ3n) is 3.96. The van der Waals surface area contributed by atoms with Crippen LogP contribution in [-0.2, 0) is 16.1 Å². The molecule has 6 heteroatoms. The van der Waals surface area contributed by atoms with Gasteiger partial charge in [0.1, 0.15) is 0 Å². The topological polar surface area (TPSA) is 58.6 Å². The number of hydrogen-bond donors (Lipinski definition) is 1. The smallest absolute Gasteiger partial charge is 0.251 e. The van der Waals surface area contributed by atoms with Crippen LogP contribution >= 0.6 is 11.8 Å². The van der Waals surface area contributed by atoms with Crippen LogP contribution in [0, 0.1) is 0 Å². The number of para-hydroxylation sites is 1. The normalized spacial score (nSPS) is 13.5. The molecule has 0 spiro atoms. The van der Waals surface area contributed by atoms with E-state index >= 15 is 0 Å². The number of fused-ring (bicyclic) bond motifs is 1. The fourth-order valence-electron chi connectivity index (χ4n) is 2.64. The summed E-state index contributed by atoms with van der Waals surface area (Å²) in [5, 5.41) is 2.79. The largest absolute Gasteiger partial charge is 0.383 e. The van der Waals surface area contributed by atoms with Gasteiger partial charge in [0, 0.05) is 24.1 Å². The molecule has 1 N–H and O–H groups in total. The Kier molecular flexibility index (Phi) is 5.73. The molecule has 3 rings (SSSR count). The number of nitrogens with zero attached hydrogens (tertiary/aromatic N) is 1. The second-order valence-electron chi connectivity index (χ2n) is 5.68. The zero-order chi connectivity index (χ0) is 17.6. The van der Waals surface area contributed by atoms with Crippen molar-refractivity contribution in [3.63, 3.8) is 0 Å². The van der Waals surface area contributed by atoms with Crippen molar-refractivity contribution < 1.29 is 14.3 Å². The van der Waals surface area contributed by atoms with Crippen molar-refractivity contribution in [3.05, 3.63) is 59.7 Å². The molecule has 2 amide bonds. The Morgan fingerprint density at radius 2 is 1.96 bits per heavy atom. The molecule has 5 nitrogen and oxygen atoms in total. The van der Waals surface area contributed by atoms with Gasteiger partial charge >= 0.3 is 0 Å². The van der Waals surface area contributed by atoms with Crippen molar-refractivity contribution in [2.45, 2.75) is 11.4 Å². The van der Waals surface area contributed by atoms with E-state index in [0.29, 0.717) is 31.0 Å². The Morgan fingerprint density at radius 1 is 1.20 bits per heavy atom. The molecular weight excluding hydrogens is 336 g/mol. The van der Waals surface area contributed by atoms with Crippen molar-refractivity contribution in [2.24, 2.45) is 0 Å². The Labute approximate surface area is 151 Å². The minimum absolute atomic E-state index is 0.102. The maximum atomic E-state index is 12.3. The molecule has 0 fully saturated rings. The van der Waals surface area contributed by atoms with E-state index in [0.717, 1.165) is 16.1 Å². The van der Waals surface area contributed by atoms with Crippen LogP contribution in [0.4, 0.5) is 5.69 Å². The molecule has 2 aromatic rings. The van der Waals surface area contributed by atoms with Crippen LogP contribution < -0.4 is 10.2 Å². The number of carbonyl (C=O) groups is 2. The van der Waals surface area contributed by atoms with E-state index < -0.39 is 0 Å². The standard InChI is InChI=1S/C19H20N2O3S/c1-24-11-10-20-19(23)15-8-6-14(7-9-15)12-21-16-4-2-3-5-17(16)25-13-18(21)22/h2-9H,10-13H2,1H3,(H,20,23). The van der Waals surface area contributed by atoms with Gasteiger partial charge in [-0.05, 0) is 29.8 Å². The molecule has 0 saturated carbocycles. The van der Waals surface area contributed by atoms with Crippen LogP contribution in [0.5, 0.6) is 0 Å². The number of ether oxygens (including phenoxy) is 1. The third kappa shape index (κ3) is 4.21. The van der Waals surface area contributed by atoms with Gasteiger partial charge < -0.3 is 15.0 Å². The Morgan fingerprint density at radius 3 is 2.72 bits per heavy atom. The second-order valence-corrected chi connectivity index (χ2v) is 6.70. The number of rotatable bonds is 6. The summed E-state index contributed by atoms with van der Waals surface area (Å²) in [4.78, 5) is 27.2. The zero-order valence-electron chi connectivity index (χ0n) is 14.0. The second kappa shape index (κ2) is 8.18. The van der Waals surface area contributed by atoms with Gasteiger partial charge in [-0.15, -0.1) is 11.8 Å². The molecule has 1 aliphatic rings. The van der Waals surface area contributed by atoms with Crippen LogP contribution in [-0.4, -0.2) is 37.8 Å². The maximum Gasteiger partial charge on any atom is 0.251 e. The van der Waals surface area contributed by atoms with Gasteiger partial charge in [0.2, 0.25) is 5.91 Å². The molecule has 0 radical (unpaired) electrons. The lowest BCUT2D eigenvalue weighted by atomic mass is 10.1. The van der Waals surface area contributed by atoms with Crippen LogP contribution in [0.15, 0.2) is 53.4 Å². The molecular formula is C19H20N2O3S. The van der Waals surface area contributed by atoms with Crippen molar-refractivity contribution >= 4 is 29.3 Å². The first kappa shape index (κ1) is 17.5. The number of amides is 2. The van der Waals surface area contributed by atoms with Crippen LogP contribution in [0.25, 0.3) is 0 Å². The van der Waals surface area contributed by atoms with Gasteiger partial charge in [-0.25, -0.2) is 0 Å². The van der Waals surface area contributed by atoms with Crippen molar-refractivity contribution in [2.75, 3.05) is 30.9 Å². The highest BCUT2D eigenvalue weighted by Gasteiger charge is 2.24. The summed E-state index contributed by atoms with van der Waals surface area (Å²) < 4.78 is 4.92. The molecule has 25 heavy (non-hydrogen) atoms. The molecule has 1 aliphatic heterocycles. The fraction of sp³-hybridized carbons (Fsp3) is 0.263. The summed E-state index contributed by atoms with van der Waals surface area (Å²) in [6.07, 6.45) is 0. The number of benzene rings is 2. The summed E-state index contributed by atoms with van der Waals surface area (Å²) in [6, 6.07) is 15.3. The Hall–Kier alpha value is -2.31. The highest BCUT2D eigenvalue weighted by molar-refractivity contribution is 8.00. The SMILES string of the molecule is COCCNC(=O)c1ccc(CN2C(=O)CSc3ccccc32)cc1. The van der Waals surface area contributed by atoms with Crippen LogP contribution in [0.3, 0.4) is 0 Å². The van der Waals surface area contributed by atoms with Gasteiger partial charge in [-0.3, -0.25) is 9.59 Å². The highest BCUT2D eigenvalue weighted by Crippen LogP contribution is 2.35. The van der Waals surface area contributed by atoms with Gasteiger partial charge in [0.25, 0.3) is 5.91 Å². The van der Waals surface area contributed by atoms with Crippen LogP contribution in [0.1, 0.15) is 15.9 Å². The van der Waals surface area contributed by atoms with E-state index in [1.807, 2.05) is 36.4 Å². The summed E-state index contributed by atoms with van der Waals surface area (Å²) in [6.45, 7) is 1.47. The molecule has 0 atom stereocenters. The van der Waals surface area contributed by atoms with E-state index in [1.54, 1.807) is 35.9 Å². The van der Waals surface area contributed by atoms with Crippen molar-refractivity contribution in [3.8, 4) is 0 Å². The minimum atomic E-state index is -0.126. The first-order valence-electron chi connectivity index (χ1n) is 8.07. The predicted molar refractivity (Wildman–Crippen MR) is 99.0 cm³/mol. The van der Waals surface area contributed by atoms with E-state index in [1.165, 1.54) is 0 Å². The quantitative estimate of drug-likeness (QED) is 0.809. The van der Waals surface area contributed by atoms with E-state index in [9.17, 15) is 9.59 Å². The Balaban J connectivity index is 1.69.